The lowest BCUT2D eigenvalue weighted by Crippen LogP contribution is -2.03. The number of nitrogens with zero attached hydrogens (tertiary/aromatic N) is 2. The minimum atomic E-state index is -2.36. The molecular formula is C26H8F8N2O2S. The van der Waals surface area contributed by atoms with Gasteiger partial charge in [0.15, 0.2) is 46.5 Å². The molecule has 3 aromatic carbocycles. The molecule has 0 fully saturated rings. The Morgan fingerprint density at radius 1 is 0.744 bits per heavy atom. The van der Waals surface area contributed by atoms with Crippen LogP contribution >= 0.6 is 11.3 Å². The van der Waals surface area contributed by atoms with Crippen molar-refractivity contribution in [1.29, 1.82) is 5.26 Å². The van der Waals surface area contributed by atoms with E-state index in [2.05, 4.69) is 0 Å². The van der Waals surface area contributed by atoms with Gasteiger partial charge in [0.05, 0.1) is 21.8 Å². The standard InChI is InChI=1S/C26H8F8N2O2S/c27-16-14-15-17(28)19(30)21(32)23(34)25(15)36(24(14)22(33)20(31)18(16)29)11-3-1-9(2-4-11)13-6-5-12(39-13)7-10(8-35)26(37)38/h1-7H,(H,37,38)/b10-7+. The Morgan fingerprint density at radius 2 is 1.23 bits per heavy atom. The predicted octanol–water partition coefficient (Wildman–Crippen LogP) is 7.62. The summed E-state index contributed by atoms with van der Waals surface area (Å²) in [4.78, 5) is 12.0. The molecule has 0 aliphatic heterocycles. The van der Waals surface area contributed by atoms with Gasteiger partial charge in [0.1, 0.15) is 11.6 Å². The van der Waals surface area contributed by atoms with Crippen molar-refractivity contribution in [3.63, 3.8) is 0 Å². The second kappa shape index (κ2) is 9.25. The van der Waals surface area contributed by atoms with Crippen LogP contribution in [0.1, 0.15) is 4.88 Å². The summed E-state index contributed by atoms with van der Waals surface area (Å²) in [5.74, 6) is -19.1. The maximum absolute atomic E-state index is 14.9. The molecule has 2 heterocycles. The molecule has 5 aromatic rings. The minimum absolute atomic E-state index is 0.276. The molecule has 0 spiro atoms. The number of benzene rings is 3. The van der Waals surface area contributed by atoms with Gasteiger partial charge < -0.3 is 9.67 Å². The van der Waals surface area contributed by atoms with Crippen LogP contribution in [0.5, 0.6) is 0 Å². The number of nitriles is 1. The van der Waals surface area contributed by atoms with E-state index in [0.29, 0.717) is 19.9 Å². The third kappa shape index (κ3) is 3.83. The lowest BCUT2D eigenvalue weighted by atomic mass is 10.1. The number of rotatable bonds is 4. The van der Waals surface area contributed by atoms with Crippen molar-refractivity contribution in [1.82, 2.24) is 4.57 Å². The van der Waals surface area contributed by atoms with Gasteiger partial charge in [-0.25, -0.2) is 39.9 Å². The van der Waals surface area contributed by atoms with Crippen molar-refractivity contribution in [3.8, 4) is 22.2 Å². The molecule has 196 valence electrons. The predicted molar refractivity (Wildman–Crippen MR) is 125 cm³/mol. The zero-order valence-electron chi connectivity index (χ0n) is 18.7. The Bertz CT molecular complexity index is 1860. The van der Waals surface area contributed by atoms with Gasteiger partial charge >= 0.3 is 5.97 Å². The van der Waals surface area contributed by atoms with Crippen molar-refractivity contribution in [2.45, 2.75) is 0 Å². The molecule has 39 heavy (non-hydrogen) atoms. The van der Waals surface area contributed by atoms with E-state index >= 15 is 0 Å². The normalized spacial score (nSPS) is 11.9. The van der Waals surface area contributed by atoms with Crippen LogP contribution < -0.4 is 0 Å². The number of hydrogen-bond donors (Lipinski definition) is 1. The van der Waals surface area contributed by atoms with Crippen molar-refractivity contribution < 1.29 is 45.0 Å². The number of carboxylic acid groups (broad SMARTS) is 1. The van der Waals surface area contributed by atoms with Crippen LogP contribution in [0.3, 0.4) is 0 Å². The zero-order chi connectivity index (χ0) is 28.3. The van der Waals surface area contributed by atoms with Crippen LogP contribution in [-0.2, 0) is 4.79 Å². The first-order valence-electron chi connectivity index (χ1n) is 10.6. The summed E-state index contributed by atoms with van der Waals surface area (Å²) >= 11 is 1.07. The Balaban J connectivity index is 1.75. The van der Waals surface area contributed by atoms with Gasteiger partial charge in [0.25, 0.3) is 0 Å². The fraction of sp³-hybridized carbons (Fsp3) is 0. The highest BCUT2D eigenvalue weighted by atomic mass is 32.1. The molecule has 0 amide bonds. The number of aromatic nitrogens is 1. The van der Waals surface area contributed by atoms with Gasteiger partial charge in [0.2, 0.25) is 0 Å². The van der Waals surface area contributed by atoms with Gasteiger partial charge in [-0.15, -0.1) is 11.3 Å². The van der Waals surface area contributed by atoms with Crippen molar-refractivity contribution >= 4 is 45.2 Å². The molecule has 0 atom stereocenters. The molecule has 0 saturated heterocycles. The number of hydrogen-bond acceptors (Lipinski definition) is 3. The molecular weight excluding hydrogens is 556 g/mol. The quantitative estimate of drug-likeness (QED) is 0.0803. The zero-order valence-corrected chi connectivity index (χ0v) is 19.5. The van der Waals surface area contributed by atoms with E-state index in [4.69, 9.17) is 10.4 Å². The fourth-order valence-electron chi connectivity index (χ4n) is 4.13. The molecule has 0 radical (unpaired) electrons. The third-order valence-corrected chi connectivity index (χ3v) is 6.94. The number of thiophene rings is 1. The molecule has 13 heteroatoms. The van der Waals surface area contributed by atoms with Crippen LogP contribution in [0.25, 0.3) is 44.0 Å². The van der Waals surface area contributed by atoms with Crippen molar-refractivity contribution in [3.05, 3.63) is 93.4 Å². The maximum Gasteiger partial charge on any atom is 0.346 e. The average Bonchev–Trinajstić information content (AvgIpc) is 3.54. The molecule has 1 N–H and O–H groups in total. The van der Waals surface area contributed by atoms with Crippen LogP contribution in [0, 0.1) is 57.9 Å². The Morgan fingerprint density at radius 3 is 1.69 bits per heavy atom. The van der Waals surface area contributed by atoms with E-state index in [1.807, 2.05) is 0 Å². The Hall–Kier alpha value is -4.70. The number of halogens is 8. The van der Waals surface area contributed by atoms with Crippen molar-refractivity contribution in [2.24, 2.45) is 0 Å². The van der Waals surface area contributed by atoms with E-state index in [1.165, 1.54) is 36.4 Å². The number of aliphatic carboxylic acids is 1. The first kappa shape index (κ1) is 25.9. The van der Waals surface area contributed by atoms with Crippen LogP contribution in [0.2, 0.25) is 0 Å². The van der Waals surface area contributed by atoms with Crippen molar-refractivity contribution in [2.75, 3.05) is 0 Å². The molecule has 0 bridgehead atoms. The summed E-state index contributed by atoms with van der Waals surface area (Å²) in [6.07, 6.45) is 1.14. The Kier molecular flexibility index (Phi) is 6.15. The second-order valence-electron chi connectivity index (χ2n) is 8.02. The second-order valence-corrected chi connectivity index (χ2v) is 9.13. The van der Waals surface area contributed by atoms with Gasteiger partial charge in [-0.3, -0.25) is 0 Å². The molecule has 0 unspecified atom stereocenters. The fourth-order valence-corrected chi connectivity index (χ4v) is 5.09. The molecule has 0 saturated carbocycles. The van der Waals surface area contributed by atoms with Gasteiger partial charge in [-0.05, 0) is 35.9 Å². The molecule has 4 nitrogen and oxygen atoms in total. The number of carbonyl (C=O) groups is 1. The van der Waals surface area contributed by atoms with Crippen LogP contribution in [-0.4, -0.2) is 15.6 Å². The van der Waals surface area contributed by atoms with Crippen LogP contribution in [0.4, 0.5) is 35.1 Å². The summed E-state index contributed by atoms with van der Waals surface area (Å²) < 4.78 is 116. The van der Waals surface area contributed by atoms with Gasteiger partial charge in [0, 0.05) is 15.4 Å². The maximum atomic E-state index is 14.9. The summed E-state index contributed by atoms with van der Waals surface area (Å²) in [5, 5.41) is 15.2. The topological polar surface area (TPSA) is 66.0 Å². The van der Waals surface area contributed by atoms with E-state index in [0.717, 1.165) is 17.4 Å². The highest BCUT2D eigenvalue weighted by Crippen LogP contribution is 2.41. The minimum Gasteiger partial charge on any atom is -0.477 e. The lowest BCUT2D eigenvalue weighted by molar-refractivity contribution is -0.132. The van der Waals surface area contributed by atoms with E-state index < -0.39 is 79.9 Å². The summed E-state index contributed by atoms with van der Waals surface area (Å²) in [7, 11) is 0. The number of carboxylic acids is 1. The molecule has 5 rings (SSSR count). The summed E-state index contributed by atoms with van der Waals surface area (Å²) in [6, 6.07) is 9.67. The van der Waals surface area contributed by atoms with Gasteiger partial charge in [-0.2, -0.15) is 5.26 Å². The summed E-state index contributed by atoms with van der Waals surface area (Å²) in [6.45, 7) is 0. The van der Waals surface area contributed by atoms with Gasteiger partial charge in [-0.1, -0.05) is 12.1 Å². The lowest BCUT2D eigenvalue weighted by Gasteiger charge is -2.11. The van der Waals surface area contributed by atoms with E-state index in [9.17, 15) is 39.9 Å². The summed E-state index contributed by atoms with van der Waals surface area (Å²) in [5.41, 5.74) is -2.73. The molecule has 2 aromatic heterocycles. The first-order valence-corrected chi connectivity index (χ1v) is 11.4. The monoisotopic (exact) mass is 564 g/mol. The van der Waals surface area contributed by atoms with Crippen LogP contribution in [0.15, 0.2) is 42.0 Å². The smallest absolute Gasteiger partial charge is 0.346 e. The largest absolute Gasteiger partial charge is 0.477 e. The van der Waals surface area contributed by atoms with E-state index in [-0.39, 0.29) is 5.69 Å². The highest BCUT2D eigenvalue weighted by molar-refractivity contribution is 7.16. The van der Waals surface area contributed by atoms with E-state index in [1.54, 1.807) is 6.07 Å². The highest BCUT2D eigenvalue weighted by Gasteiger charge is 2.33. The SMILES string of the molecule is N#C/C(=C\c1ccc(-c2ccc(-n3c4c(F)c(F)c(F)c(F)c4c4c(F)c(F)c(F)c(F)c43)cc2)s1)C(=O)O. The third-order valence-electron chi connectivity index (χ3n) is 5.86. The Labute approximate surface area is 215 Å². The first-order chi connectivity index (χ1) is 18.5. The number of fused-ring (bicyclic) bond motifs is 3. The molecule has 0 aliphatic rings. The molecule has 0 aliphatic carbocycles. The average molecular weight is 564 g/mol.